The van der Waals surface area contributed by atoms with Crippen LogP contribution in [0.3, 0.4) is 0 Å². The van der Waals surface area contributed by atoms with E-state index in [2.05, 4.69) is 0 Å². The van der Waals surface area contributed by atoms with Crippen molar-refractivity contribution >= 4 is 23.0 Å². The molecule has 1 aliphatic carbocycles. The quantitative estimate of drug-likeness (QED) is 0.305. The van der Waals surface area contributed by atoms with Crippen LogP contribution in [-0.4, -0.2) is 5.78 Å². The fourth-order valence-electron chi connectivity index (χ4n) is 4.20. The number of halogens is 5. The fraction of sp³-hybridized carbons (Fsp3) is 0.160. The van der Waals surface area contributed by atoms with Gasteiger partial charge in [0.2, 0.25) is 0 Å². The third-order valence-corrected chi connectivity index (χ3v) is 5.91. The van der Waals surface area contributed by atoms with Crippen molar-refractivity contribution in [2.45, 2.75) is 19.3 Å². The Kier molecular flexibility index (Phi) is 5.71. The van der Waals surface area contributed by atoms with Crippen LogP contribution in [0, 0.1) is 36.1 Å². The van der Waals surface area contributed by atoms with Crippen LogP contribution in [0.25, 0.3) is 5.57 Å². The number of carbonyl (C=O) groups excluding carboxylic acids is 1. The highest BCUT2D eigenvalue weighted by Crippen LogP contribution is 2.45. The van der Waals surface area contributed by atoms with Gasteiger partial charge in [-0.2, -0.15) is 0 Å². The second kappa shape index (κ2) is 8.31. The number of Topliss-reactive ketones (excluding diaryl/α,β-unsaturated/α-hetero) is 1. The van der Waals surface area contributed by atoms with Gasteiger partial charge in [-0.15, -0.1) is 0 Å². The molecule has 0 aromatic heterocycles. The number of hydrogen-bond donors (Lipinski definition) is 0. The lowest BCUT2D eigenvalue weighted by molar-refractivity contribution is 0.0926. The molecule has 2 atom stereocenters. The molecule has 3 aromatic carbocycles. The van der Waals surface area contributed by atoms with Crippen molar-refractivity contribution in [1.29, 1.82) is 0 Å². The smallest absolute Gasteiger partial charge is 0.176 e. The first kappa shape index (κ1) is 21.3. The van der Waals surface area contributed by atoms with Gasteiger partial charge >= 0.3 is 0 Å². The van der Waals surface area contributed by atoms with Gasteiger partial charge in [0.25, 0.3) is 0 Å². The molecule has 0 amide bonds. The van der Waals surface area contributed by atoms with E-state index >= 15 is 0 Å². The van der Waals surface area contributed by atoms with Gasteiger partial charge in [0.05, 0.1) is 5.56 Å². The molecule has 0 saturated carbocycles. The predicted octanol–water partition coefficient (Wildman–Crippen LogP) is 7.27. The van der Waals surface area contributed by atoms with E-state index in [0.29, 0.717) is 34.7 Å². The Morgan fingerprint density at radius 2 is 1.55 bits per heavy atom. The van der Waals surface area contributed by atoms with Gasteiger partial charge < -0.3 is 0 Å². The van der Waals surface area contributed by atoms with Crippen LogP contribution in [0.5, 0.6) is 0 Å². The average Bonchev–Trinajstić information content (AvgIpc) is 3.12. The van der Waals surface area contributed by atoms with Gasteiger partial charge in [0, 0.05) is 29.0 Å². The van der Waals surface area contributed by atoms with Crippen molar-refractivity contribution in [2.75, 3.05) is 0 Å². The minimum atomic E-state index is -1.24. The molecule has 31 heavy (non-hydrogen) atoms. The molecule has 3 aromatic rings. The number of rotatable bonds is 4. The number of hydrogen-bond acceptors (Lipinski definition) is 1. The van der Waals surface area contributed by atoms with Gasteiger partial charge in [0.1, 0.15) is 23.3 Å². The number of allylic oxidation sites excluding steroid dienone is 2. The van der Waals surface area contributed by atoms with Crippen LogP contribution in [-0.2, 0) is 0 Å². The third kappa shape index (κ3) is 4.15. The second-order valence-electron chi connectivity index (χ2n) is 7.64. The van der Waals surface area contributed by atoms with Crippen molar-refractivity contribution in [3.05, 3.63) is 111 Å². The van der Waals surface area contributed by atoms with Crippen LogP contribution in [0.15, 0.2) is 60.7 Å². The summed E-state index contributed by atoms with van der Waals surface area (Å²) in [5.41, 5.74) is 2.21. The summed E-state index contributed by atoms with van der Waals surface area (Å²) in [5.74, 6) is -6.14. The van der Waals surface area contributed by atoms with E-state index in [0.717, 1.165) is 11.1 Å². The Hall–Kier alpha value is -2.92. The maximum absolute atomic E-state index is 14.4. The molecule has 0 N–H and O–H groups in total. The van der Waals surface area contributed by atoms with Gasteiger partial charge in [-0.05, 0) is 59.9 Å². The summed E-state index contributed by atoms with van der Waals surface area (Å²) in [4.78, 5) is 13.3. The minimum absolute atomic E-state index is 0.412. The van der Waals surface area contributed by atoms with Gasteiger partial charge in [-0.25, -0.2) is 17.6 Å². The monoisotopic (exact) mass is 444 g/mol. The lowest BCUT2D eigenvalue weighted by atomic mass is 9.81. The number of aryl methyl sites for hydroxylation is 1. The Labute approximate surface area is 182 Å². The molecule has 6 heteroatoms. The first-order chi connectivity index (χ1) is 14.7. The average molecular weight is 445 g/mol. The van der Waals surface area contributed by atoms with Gasteiger partial charge in [-0.3, -0.25) is 4.79 Å². The fourth-order valence-corrected chi connectivity index (χ4v) is 4.33. The van der Waals surface area contributed by atoms with Crippen molar-refractivity contribution in [1.82, 2.24) is 0 Å². The number of carbonyl (C=O) groups is 1. The molecule has 1 nitrogen and oxygen atoms in total. The van der Waals surface area contributed by atoms with E-state index in [-0.39, 0.29) is 0 Å². The topological polar surface area (TPSA) is 17.1 Å². The second-order valence-corrected chi connectivity index (χ2v) is 8.08. The first-order valence-electron chi connectivity index (χ1n) is 9.66. The zero-order chi connectivity index (χ0) is 22.3. The molecule has 0 heterocycles. The maximum Gasteiger partial charge on any atom is 0.176 e. The minimum Gasteiger partial charge on any atom is -0.293 e. The van der Waals surface area contributed by atoms with Crippen LogP contribution in [0.1, 0.15) is 39.4 Å². The van der Waals surface area contributed by atoms with Crippen molar-refractivity contribution < 1.29 is 22.4 Å². The van der Waals surface area contributed by atoms with Gasteiger partial charge in [0.15, 0.2) is 5.78 Å². The predicted molar refractivity (Wildman–Crippen MR) is 112 cm³/mol. The summed E-state index contributed by atoms with van der Waals surface area (Å²) in [6.45, 7) is 1.72. The van der Waals surface area contributed by atoms with Crippen molar-refractivity contribution in [2.24, 2.45) is 5.92 Å². The molecule has 0 fully saturated rings. The van der Waals surface area contributed by atoms with Crippen LogP contribution < -0.4 is 0 Å². The Balaban J connectivity index is 1.81. The summed E-state index contributed by atoms with van der Waals surface area (Å²) in [5, 5.41) is 0.552. The maximum atomic E-state index is 14.4. The molecule has 0 spiro atoms. The lowest BCUT2D eigenvalue weighted by Gasteiger charge is -2.21. The van der Waals surface area contributed by atoms with E-state index in [9.17, 15) is 22.4 Å². The zero-order valence-electron chi connectivity index (χ0n) is 16.4. The van der Waals surface area contributed by atoms with E-state index in [1.807, 2.05) is 0 Å². The Morgan fingerprint density at radius 3 is 2.16 bits per heavy atom. The summed E-state index contributed by atoms with van der Waals surface area (Å²) >= 11 is 5.96. The highest BCUT2D eigenvalue weighted by Gasteiger charge is 2.37. The molecule has 0 bridgehead atoms. The summed E-state index contributed by atoms with van der Waals surface area (Å²) in [6.07, 6.45) is 2.09. The largest absolute Gasteiger partial charge is 0.293 e. The SMILES string of the molecule is Cc1cc(F)ccc1C1CC(c2ccc(Cl)cc2)=CC1C(=O)c1c(F)cc(F)cc1F. The van der Waals surface area contributed by atoms with E-state index < -0.39 is 46.5 Å². The van der Waals surface area contributed by atoms with Crippen molar-refractivity contribution in [3.63, 3.8) is 0 Å². The summed E-state index contributed by atoms with van der Waals surface area (Å²) in [7, 11) is 0. The number of ketones is 1. The van der Waals surface area contributed by atoms with Crippen LogP contribution >= 0.6 is 11.6 Å². The standard InChI is InChI=1S/C25H17ClF4O/c1-13-8-17(27)6-7-19(13)20-9-15(14-2-4-16(26)5-3-14)10-21(20)25(31)24-22(29)11-18(28)12-23(24)30/h2-8,10-12,20-21H,9H2,1H3. The van der Waals surface area contributed by atoms with Crippen LogP contribution in [0.2, 0.25) is 5.02 Å². The summed E-state index contributed by atoms with van der Waals surface area (Å²) in [6, 6.07) is 12.3. The molecule has 2 unspecified atom stereocenters. The zero-order valence-corrected chi connectivity index (χ0v) is 17.2. The lowest BCUT2D eigenvalue weighted by Crippen LogP contribution is -2.21. The molecule has 4 rings (SSSR count). The molecule has 1 aliphatic rings. The Bertz CT molecular complexity index is 1180. The molecule has 0 saturated heterocycles. The Morgan fingerprint density at radius 1 is 0.903 bits per heavy atom. The van der Waals surface area contributed by atoms with E-state index in [1.165, 1.54) is 12.1 Å². The first-order valence-corrected chi connectivity index (χ1v) is 10.0. The molecular weight excluding hydrogens is 428 g/mol. The normalized spacial score (nSPS) is 18.2. The summed E-state index contributed by atoms with van der Waals surface area (Å²) < 4.78 is 55.7. The van der Waals surface area contributed by atoms with Crippen LogP contribution in [0.4, 0.5) is 17.6 Å². The molecule has 0 aliphatic heterocycles. The molecule has 0 radical (unpaired) electrons. The molecular formula is C25H17ClF4O. The molecule has 158 valence electrons. The van der Waals surface area contributed by atoms with E-state index in [4.69, 9.17) is 11.6 Å². The third-order valence-electron chi connectivity index (χ3n) is 5.66. The van der Waals surface area contributed by atoms with Gasteiger partial charge in [-0.1, -0.05) is 35.9 Å². The highest BCUT2D eigenvalue weighted by molar-refractivity contribution is 6.30. The van der Waals surface area contributed by atoms with Crippen molar-refractivity contribution in [3.8, 4) is 0 Å². The highest BCUT2D eigenvalue weighted by atomic mass is 35.5. The van der Waals surface area contributed by atoms with E-state index in [1.54, 1.807) is 43.3 Å². The number of benzene rings is 3.